The van der Waals surface area contributed by atoms with Crippen LogP contribution in [0.15, 0.2) is 48.5 Å². The van der Waals surface area contributed by atoms with Crippen molar-refractivity contribution in [3.63, 3.8) is 0 Å². The lowest BCUT2D eigenvalue weighted by Gasteiger charge is -2.20. The van der Waals surface area contributed by atoms with Crippen LogP contribution in [0.4, 0.5) is 5.69 Å². The average molecular weight is 426 g/mol. The van der Waals surface area contributed by atoms with Crippen molar-refractivity contribution in [3.05, 3.63) is 59.7 Å². The maximum atomic E-state index is 12.7. The van der Waals surface area contributed by atoms with E-state index in [2.05, 4.69) is 10.6 Å². The van der Waals surface area contributed by atoms with Crippen LogP contribution >= 0.6 is 12.2 Å². The smallest absolute Gasteiger partial charge is 0.257 e. The Labute approximate surface area is 182 Å². The van der Waals surface area contributed by atoms with Gasteiger partial charge < -0.3 is 15.0 Å². The molecule has 2 aromatic carbocycles. The fraction of sp³-hybridized carbons (Fsp3) is 0.348. The van der Waals surface area contributed by atoms with Crippen LogP contribution in [-0.4, -0.2) is 41.5 Å². The van der Waals surface area contributed by atoms with Gasteiger partial charge in [-0.1, -0.05) is 12.8 Å². The van der Waals surface area contributed by atoms with Crippen molar-refractivity contribution >= 4 is 34.8 Å². The summed E-state index contributed by atoms with van der Waals surface area (Å²) in [6.45, 7) is 4.12. The summed E-state index contributed by atoms with van der Waals surface area (Å²) < 4.78 is 5.38. The van der Waals surface area contributed by atoms with Crippen molar-refractivity contribution in [1.29, 1.82) is 0 Å². The molecule has 1 fully saturated rings. The molecule has 0 bridgehead atoms. The van der Waals surface area contributed by atoms with E-state index in [9.17, 15) is 9.59 Å². The molecule has 0 atom stereocenters. The number of nitrogens with zero attached hydrogens (tertiary/aromatic N) is 1. The third-order valence-corrected chi connectivity index (χ3v) is 5.14. The van der Waals surface area contributed by atoms with E-state index in [1.807, 2.05) is 11.8 Å². The number of hydrogen-bond acceptors (Lipinski definition) is 4. The number of likely N-dealkylation sites (tertiary alicyclic amines) is 1. The molecule has 1 heterocycles. The Morgan fingerprint density at radius 1 is 0.933 bits per heavy atom. The van der Waals surface area contributed by atoms with E-state index >= 15 is 0 Å². The van der Waals surface area contributed by atoms with Gasteiger partial charge in [0.1, 0.15) is 5.75 Å². The van der Waals surface area contributed by atoms with Gasteiger partial charge in [-0.3, -0.25) is 14.9 Å². The monoisotopic (exact) mass is 425 g/mol. The second kappa shape index (κ2) is 10.7. The van der Waals surface area contributed by atoms with E-state index in [0.717, 1.165) is 25.9 Å². The Balaban J connectivity index is 1.53. The number of rotatable bonds is 5. The molecule has 0 radical (unpaired) electrons. The van der Waals surface area contributed by atoms with Gasteiger partial charge in [0.15, 0.2) is 5.11 Å². The molecule has 2 aromatic rings. The molecular formula is C23H27N3O3S. The zero-order valence-corrected chi connectivity index (χ0v) is 18.0. The van der Waals surface area contributed by atoms with Gasteiger partial charge in [-0.05, 0) is 80.5 Å². The normalized spacial score (nSPS) is 13.8. The number of carbonyl (C=O) groups is 2. The molecule has 158 valence electrons. The summed E-state index contributed by atoms with van der Waals surface area (Å²) in [5, 5.41) is 5.83. The first kappa shape index (κ1) is 21.8. The maximum absolute atomic E-state index is 12.7. The van der Waals surface area contributed by atoms with Crippen molar-refractivity contribution in [3.8, 4) is 5.75 Å². The van der Waals surface area contributed by atoms with E-state index in [1.54, 1.807) is 48.5 Å². The van der Waals surface area contributed by atoms with Gasteiger partial charge in [0.05, 0.1) is 6.61 Å². The molecule has 1 aliphatic rings. The minimum atomic E-state index is -0.302. The summed E-state index contributed by atoms with van der Waals surface area (Å²) in [6.07, 6.45) is 4.50. The number of amides is 2. The first-order valence-electron chi connectivity index (χ1n) is 10.3. The quantitative estimate of drug-likeness (QED) is 0.702. The highest BCUT2D eigenvalue weighted by atomic mass is 32.1. The van der Waals surface area contributed by atoms with E-state index < -0.39 is 0 Å². The van der Waals surface area contributed by atoms with Gasteiger partial charge in [-0.25, -0.2) is 0 Å². The lowest BCUT2D eigenvalue weighted by atomic mass is 10.1. The Morgan fingerprint density at radius 2 is 1.53 bits per heavy atom. The first-order chi connectivity index (χ1) is 14.6. The van der Waals surface area contributed by atoms with E-state index in [0.29, 0.717) is 29.2 Å². The van der Waals surface area contributed by atoms with Gasteiger partial charge in [-0.15, -0.1) is 0 Å². The summed E-state index contributed by atoms with van der Waals surface area (Å²) in [6, 6.07) is 14.0. The molecule has 0 aliphatic carbocycles. The van der Waals surface area contributed by atoms with Gasteiger partial charge in [0, 0.05) is 29.9 Å². The number of benzene rings is 2. The molecule has 1 saturated heterocycles. The standard InChI is InChI=1S/C23H27N3O3S/c1-2-29-20-13-9-17(10-14-20)21(27)25-23(30)24-19-11-7-18(8-12-19)22(28)26-15-5-3-4-6-16-26/h7-14H,2-6,15-16H2,1H3,(H2,24,25,27,30). The Hall–Kier alpha value is -2.93. The fourth-order valence-electron chi connectivity index (χ4n) is 3.36. The highest BCUT2D eigenvalue weighted by Crippen LogP contribution is 2.16. The van der Waals surface area contributed by atoms with Crippen LogP contribution < -0.4 is 15.4 Å². The lowest BCUT2D eigenvalue weighted by molar-refractivity contribution is 0.0761. The van der Waals surface area contributed by atoms with Crippen LogP contribution in [0.1, 0.15) is 53.3 Å². The number of ether oxygens (including phenoxy) is 1. The van der Waals surface area contributed by atoms with Gasteiger partial charge in [0.2, 0.25) is 0 Å². The van der Waals surface area contributed by atoms with E-state index in [1.165, 1.54) is 12.8 Å². The van der Waals surface area contributed by atoms with Crippen molar-refractivity contribution in [1.82, 2.24) is 10.2 Å². The van der Waals surface area contributed by atoms with Crippen LogP contribution in [0, 0.1) is 0 Å². The molecule has 2 amide bonds. The van der Waals surface area contributed by atoms with Crippen LogP contribution in [-0.2, 0) is 0 Å². The Kier molecular flexibility index (Phi) is 7.79. The molecule has 0 saturated carbocycles. The summed E-state index contributed by atoms with van der Waals surface area (Å²) in [5.74, 6) is 0.475. The van der Waals surface area contributed by atoms with E-state index in [-0.39, 0.29) is 16.9 Å². The minimum absolute atomic E-state index is 0.0647. The van der Waals surface area contributed by atoms with Crippen molar-refractivity contribution in [2.75, 3.05) is 25.0 Å². The van der Waals surface area contributed by atoms with Crippen LogP contribution in [0.25, 0.3) is 0 Å². The SMILES string of the molecule is CCOc1ccc(C(=O)NC(=S)Nc2ccc(C(=O)N3CCCCCC3)cc2)cc1. The zero-order valence-electron chi connectivity index (χ0n) is 17.1. The molecule has 0 aromatic heterocycles. The van der Waals surface area contributed by atoms with Crippen LogP contribution in [0.2, 0.25) is 0 Å². The van der Waals surface area contributed by atoms with E-state index in [4.69, 9.17) is 17.0 Å². The largest absolute Gasteiger partial charge is 0.494 e. The highest BCUT2D eigenvalue weighted by Gasteiger charge is 2.17. The number of anilines is 1. The van der Waals surface area contributed by atoms with Gasteiger partial charge >= 0.3 is 0 Å². The van der Waals surface area contributed by atoms with Gasteiger partial charge in [0.25, 0.3) is 11.8 Å². The molecule has 7 heteroatoms. The number of nitrogens with one attached hydrogen (secondary N) is 2. The zero-order chi connectivity index (χ0) is 21.3. The molecular weight excluding hydrogens is 398 g/mol. The molecule has 2 N–H and O–H groups in total. The molecule has 0 unspecified atom stereocenters. The molecule has 3 rings (SSSR count). The van der Waals surface area contributed by atoms with Crippen molar-refractivity contribution in [2.24, 2.45) is 0 Å². The molecule has 0 spiro atoms. The maximum Gasteiger partial charge on any atom is 0.257 e. The predicted octanol–water partition coefficient (Wildman–Crippen LogP) is 4.23. The van der Waals surface area contributed by atoms with Crippen molar-refractivity contribution < 1.29 is 14.3 Å². The number of hydrogen-bond donors (Lipinski definition) is 2. The number of carbonyl (C=O) groups excluding carboxylic acids is 2. The summed E-state index contributed by atoms with van der Waals surface area (Å²) >= 11 is 5.24. The highest BCUT2D eigenvalue weighted by molar-refractivity contribution is 7.80. The number of thiocarbonyl (C=S) groups is 1. The van der Waals surface area contributed by atoms with Crippen LogP contribution in [0.5, 0.6) is 5.75 Å². The lowest BCUT2D eigenvalue weighted by Crippen LogP contribution is -2.34. The fourth-order valence-corrected chi connectivity index (χ4v) is 3.57. The third kappa shape index (κ3) is 6.03. The van der Waals surface area contributed by atoms with Gasteiger partial charge in [-0.2, -0.15) is 0 Å². The second-order valence-corrected chi connectivity index (χ2v) is 7.56. The second-order valence-electron chi connectivity index (χ2n) is 7.15. The third-order valence-electron chi connectivity index (χ3n) is 4.94. The summed E-state index contributed by atoms with van der Waals surface area (Å²) in [7, 11) is 0. The summed E-state index contributed by atoms with van der Waals surface area (Å²) in [5.41, 5.74) is 1.85. The molecule has 1 aliphatic heterocycles. The first-order valence-corrected chi connectivity index (χ1v) is 10.7. The van der Waals surface area contributed by atoms with Crippen molar-refractivity contribution in [2.45, 2.75) is 32.6 Å². The minimum Gasteiger partial charge on any atom is -0.494 e. The Bertz CT molecular complexity index is 874. The Morgan fingerprint density at radius 3 is 2.13 bits per heavy atom. The predicted molar refractivity (Wildman–Crippen MR) is 122 cm³/mol. The topological polar surface area (TPSA) is 70.7 Å². The molecule has 6 nitrogen and oxygen atoms in total. The van der Waals surface area contributed by atoms with Crippen LogP contribution in [0.3, 0.4) is 0 Å². The summed E-state index contributed by atoms with van der Waals surface area (Å²) in [4.78, 5) is 26.9. The molecule has 30 heavy (non-hydrogen) atoms. The average Bonchev–Trinajstić information content (AvgIpc) is 3.04.